The lowest BCUT2D eigenvalue weighted by Crippen LogP contribution is -2.46. The molecular weight excluding hydrogens is 258 g/mol. The summed E-state index contributed by atoms with van der Waals surface area (Å²) in [5.74, 6) is 3.25. The summed E-state index contributed by atoms with van der Waals surface area (Å²) in [6, 6.07) is 4.05. The van der Waals surface area contributed by atoms with Gasteiger partial charge in [0.1, 0.15) is 5.78 Å². The van der Waals surface area contributed by atoms with Gasteiger partial charge in [-0.1, -0.05) is 6.07 Å². The van der Waals surface area contributed by atoms with Crippen LogP contribution in [-0.4, -0.2) is 10.8 Å². The second-order valence-electron chi connectivity index (χ2n) is 8.07. The smallest absolute Gasteiger partial charge is 0.137 e. The van der Waals surface area contributed by atoms with E-state index in [0.29, 0.717) is 11.2 Å². The third kappa shape index (κ3) is 2.43. The highest BCUT2D eigenvalue weighted by Gasteiger charge is 2.51. The van der Waals surface area contributed by atoms with Crippen LogP contribution in [0.2, 0.25) is 0 Å². The summed E-state index contributed by atoms with van der Waals surface area (Å²) in [5, 5.41) is 0. The molecule has 0 aromatic carbocycles. The summed E-state index contributed by atoms with van der Waals surface area (Å²) >= 11 is 0. The van der Waals surface area contributed by atoms with Crippen LogP contribution in [0.1, 0.15) is 63.4 Å². The number of rotatable bonds is 4. The maximum absolute atomic E-state index is 12.2. The summed E-state index contributed by atoms with van der Waals surface area (Å²) in [7, 11) is 0. The molecule has 5 rings (SSSR count). The van der Waals surface area contributed by atoms with Gasteiger partial charge in [0.05, 0.1) is 0 Å². The molecule has 4 bridgehead atoms. The van der Waals surface area contributed by atoms with Crippen LogP contribution in [0.5, 0.6) is 0 Å². The summed E-state index contributed by atoms with van der Waals surface area (Å²) in [6.07, 6.45) is 13.3. The largest absolute Gasteiger partial charge is 0.299 e. The molecule has 2 nitrogen and oxygen atoms in total. The van der Waals surface area contributed by atoms with E-state index in [-0.39, 0.29) is 5.92 Å². The van der Waals surface area contributed by atoms with E-state index in [1.54, 1.807) is 13.1 Å². The molecule has 0 N–H and O–H groups in total. The average molecular weight is 283 g/mol. The minimum Gasteiger partial charge on any atom is -0.299 e. The standard InChI is InChI=1S/C19H25NO/c1-13(21)18(17-3-2-4-20-12-17)11-19-8-14-5-15(9-19)7-16(6-14)10-19/h2-4,12,14-16,18H,5-11H2,1H3. The van der Waals surface area contributed by atoms with Gasteiger partial charge in [-0.3, -0.25) is 9.78 Å². The van der Waals surface area contributed by atoms with Crippen LogP contribution in [-0.2, 0) is 4.79 Å². The van der Waals surface area contributed by atoms with Crippen LogP contribution in [0.25, 0.3) is 0 Å². The van der Waals surface area contributed by atoms with E-state index in [1.165, 1.54) is 38.5 Å². The molecule has 0 saturated heterocycles. The van der Waals surface area contributed by atoms with Gasteiger partial charge in [-0.15, -0.1) is 0 Å². The molecule has 4 aliphatic rings. The molecule has 1 heterocycles. The first-order chi connectivity index (χ1) is 10.1. The zero-order chi connectivity index (χ0) is 14.4. The SMILES string of the molecule is CC(=O)C(CC12CC3CC(CC(C3)C1)C2)c1cccnc1. The van der Waals surface area contributed by atoms with E-state index in [2.05, 4.69) is 11.1 Å². The lowest BCUT2D eigenvalue weighted by atomic mass is 9.48. The average Bonchev–Trinajstić information content (AvgIpc) is 2.44. The Morgan fingerprint density at radius 2 is 1.86 bits per heavy atom. The van der Waals surface area contributed by atoms with Crippen molar-refractivity contribution < 1.29 is 4.79 Å². The molecule has 1 atom stereocenters. The Hall–Kier alpha value is -1.18. The van der Waals surface area contributed by atoms with E-state index in [9.17, 15) is 4.79 Å². The van der Waals surface area contributed by atoms with Crippen molar-refractivity contribution >= 4 is 5.78 Å². The second kappa shape index (κ2) is 4.93. The second-order valence-corrected chi connectivity index (χ2v) is 8.07. The number of carbonyl (C=O) groups is 1. The normalized spacial score (nSPS) is 38.4. The number of pyridine rings is 1. The molecule has 1 unspecified atom stereocenters. The first-order valence-corrected chi connectivity index (χ1v) is 8.54. The fraction of sp³-hybridized carbons (Fsp3) is 0.684. The fourth-order valence-electron chi connectivity index (χ4n) is 6.05. The molecule has 21 heavy (non-hydrogen) atoms. The molecule has 0 radical (unpaired) electrons. The topological polar surface area (TPSA) is 30.0 Å². The van der Waals surface area contributed by atoms with Crippen molar-refractivity contribution in [1.29, 1.82) is 0 Å². The molecule has 112 valence electrons. The Balaban J connectivity index is 1.60. The van der Waals surface area contributed by atoms with Gasteiger partial charge in [-0.05, 0) is 86.7 Å². The van der Waals surface area contributed by atoms with Gasteiger partial charge in [-0.25, -0.2) is 0 Å². The van der Waals surface area contributed by atoms with Gasteiger partial charge in [0.2, 0.25) is 0 Å². The van der Waals surface area contributed by atoms with Crippen molar-refractivity contribution in [2.45, 2.75) is 57.8 Å². The monoisotopic (exact) mass is 283 g/mol. The number of ketones is 1. The molecule has 1 aromatic rings. The first kappa shape index (κ1) is 13.5. The quantitative estimate of drug-likeness (QED) is 0.821. The van der Waals surface area contributed by atoms with Gasteiger partial charge in [0.15, 0.2) is 0 Å². The minimum absolute atomic E-state index is 0.0648. The summed E-state index contributed by atoms with van der Waals surface area (Å²) in [6.45, 7) is 1.76. The molecule has 0 amide bonds. The number of hydrogen-bond donors (Lipinski definition) is 0. The number of aromatic nitrogens is 1. The van der Waals surface area contributed by atoms with Crippen LogP contribution in [0.3, 0.4) is 0 Å². The van der Waals surface area contributed by atoms with Crippen LogP contribution in [0.15, 0.2) is 24.5 Å². The van der Waals surface area contributed by atoms with Crippen molar-refractivity contribution in [3.05, 3.63) is 30.1 Å². The molecule has 2 heteroatoms. The van der Waals surface area contributed by atoms with Gasteiger partial charge in [0.25, 0.3) is 0 Å². The number of Topliss-reactive ketones (excluding diaryl/α,β-unsaturated/α-hetero) is 1. The Morgan fingerprint density at radius 3 is 2.33 bits per heavy atom. The highest BCUT2D eigenvalue weighted by molar-refractivity contribution is 5.83. The maximum Gasteiger partial charge on any atom is 0.137 e. The van der Waals surface area contributed by atoms with Crippen molar-refractivity contribution in [1.82, 2.24) is 4.98 Å². The van der Waals surface area contributed by atoms with Crippen LogP contribution >= 0.6 is 0 Å². The van der Waals surface area contributed by atoms with E-state index in [4.69, 9.17) is 0 Å². The highest BCUT2D eigenvalue weighted by Crippen LogP contribution is 2.62. The van der Waals surface area contributed by atoms with E-state index < -0.39 is 0 Å². The molecule has 0 spiro atoms. The van der Waals surface area contributed by atoms with Crippen LogP contribution < -0.4 is 0 Å². The number of nitrogens with zero attached hydrogens (tertiary/aromatic N) is 1. The summed E-state index contributed by atoms with van der Waals surface area (Å²) in [4.78, 5) is 16.5. The molecule has 4 fully saturated rings. The first-order valence-electron chi connectivity index (χ1n) is 8.54. The lowest BCUT2D eigenvalue weighted by Gasteiger charge is -2.57. The zero-order valence-electron chi connectivity index (χ0n) is 12.9. The molecular formula is C19H25NO. The van der Waals surface area contributed by atoms with Crippen molar-refractivity contribution in [3.63, 3.8) is 0 Å². The van der Waals surface area contributed by atoms with Crippen molar-refractivity contribution in [2.75, 3.05) is 0 Å². The third-order valence-electron chi connectivity index (χ3n) is 6.38. The van der Waals surface area contributed by atoms with Crippen molar-refractivity contribution in [2.24, 2.45) is 23.2 Å². The summed E-state index contributed by atoms with van der Waals surface area (Å²) in [5.41, 5.74) is 1.58. The van der Waals surface area contributed by atoms with Gasteiger partial charge in [0, 0.05) is 18.3 Å². The maximum atomic E-state index is 12.2. The molecule has 4 aliphatic carbocycles. The van der Waals surface area contributed by atoms with Crippen molar-refractivity contribution in [3.8, 4) is 0 Å². The van der Waals surface area contributed by atoms with Gasteiger partial charge in [-0.2, -0.15) is 0 Å². The molecule has 0 aliphatic heterocycles. The number of carbonyl (C=O) groups excluding carboxylic acids is 1. The Morgan fingerprint density at radius 1 is 1.24 bits per heavy atom. The Labute approximate surface area is 127 Å². The van der Waals surface area contributed by atoms with E-state index in [1.807, 2.05) is 12.3 Å². The Bertz CT molecular complexity index is 500. The third-order valence-corrected chi connectivity index (χ3v) is 6.38. The van der Waals surface area contributed by atoms with Crippen LogP contribution in [0.4, 0.5) is 0 Å². The van der Waals surface area contributed by atoms with Crippen LogP contribution in [0, 0.1) is 23.2 Å². The highest BCUT2D eigenvalue weighted by atomic mass is 16.1. The minimum atomic E-state index is 0.0648. The lowest BCUT2D eigenvalue weighted by molar-refractivity contribution is -0.121. The van der Waals surface area contributed by atoms with Gasteiger partial charge >= 0.3 is 0 Å². The molecule has 4 saturated carbocycles. The van der Waals surface area contributed by atoms with E-state index in [0.717, 1.165) is 29.7 Å². The number of hydrogen-bond acceptors (Lipinski definition) is 2. The fourth-order valence-corrected chi connectivity index (χ4v) is 6.05. The Kier molecular flexibility index (Phi) is 3.16. The predicted octanol–water partition coefficient (Wildman–Crippen LogP) is 4.36. The van der Waals surface area contributed by atoms with E-state index >= 15 is 0 Å². The molecule has 1 aromatic heterocycles. The summed E-state index contributed by atoms with van der Waals surface area (Å²) < 4.78 is 0. The predicted molar refractivity (Wildman–Crippen MR) is 82.9 cm³/mol. The zero-order valence-corrected chi connectivity index (χ0v) is 12.9. The van der Waals surface area contributed by atoms with Gasteiger partial charge < -0.3 is 0 Å².